The van der Waals surface area contributed by atoms with Gasteiger partial charge in [0, 0.05) is 13.2 Å². The zero-order valence-electron chi connectivity index (χ0n) is 13.0. The standard InChI is InChI=1S/C17H18N2O5/c18-9-13(17(22)19-10-15-2-1-7-23-15)8-12-3-5-14(6-4-12)24-11-16(20)21/h3-6,8,15H,1-2,7,10-11H2,(H,19,22)(H,20,21)/b13-8-/t15-/m1/s1. The van der Waals surface area contributed by atoms with Crippen LogP contribution in [-0.2, 0) is 14.3 Å². The molecule has 1 aromatic rings. The van der Waals surface area contributed by atoms with Gasteiger partial charge < -0.3 is 19.9 Å². The average Bonchev–Trinajstić information content (AvgIpc) is 3.10. The lowest BCUT2D eigenvalue weighted by molar-refractivity contribution is -0.139. The Kier molecular flexibility index (Phi) is 6.34. The molecule has 1 amide bonds. The Morgan fingerprint density at radius 3 is 2.75 bits per heavy atom. The molecule has 24 heavy (non-hydrogen) atoms. The summed E-state index contributed by atoms with van der Waals surface area (Å²) in [6, 6.07) is 8.32. The maximum absolute atomic E-state index is 12.0. The molecule has 7 heteroatoms. The summed E-state index contributed by atoms with van der Waals surface area (Å²) in [7, 11) is 0. The fourth-order valence-electron chi connectivity index (χ4n) is 2.23. The van der Waals surface area contributed by atoms with Crippen LogP contribution >= 0.6 is 0 Å². The van der Waals surface area contributed by atoms with Gasteiger partial charge in [-0.15, -0.1) is 0 Å². The highest BCUT2D eigenvalue weighted by molar-refractivity contribution is 6.01. The molecule has 0 aromatic heterocycles. The summed E-state index contributed by atoms with van der Waals surface area (Å²) in [5.41, 5.74) is 0.633. The van der Waals surface area contributed by atoms with E-state index in [4.69, 9.17) is 19.8 Å². The molecule has 2 rings (SSSR count). The molecular formula is C17H18N2O5. The molecule has 0 bridgehead atoms. The fourth-order valence-corrected chi connectivity index (χ4v) is 2.23. The molecule has 1 heterocycles. The van der Waals surface area contributed by atoms with Crippen molar-refractivity contribution in [2.45, 2.75) is 18.9 Å². The van der Waals surface area contributed by atoms with Crippen LogP contribution in [0.4, 0.5) is 0 Å². The molecule has 2 N–H and O–H groups in total. The lowest BCUT2D eigenvalue weighted by Crippen LogP contribution is -2.32. The topological polar surface area (TPSA) is 109 Å². The lowest BCUT2D eigenvalue weighted by Gasteiger charge is -2.10. The second kappa shape index (κ2) is 8.70. The molecule has 1 saturated heterocycles. The number of aliphatic carboxylic acids is 1. The average molecular weight is 330 g/mol. The van der Waals surface area contributed by atoms with Gasteiger partial charge in [-0.25, -0.2) is 4.79 Å². The van der Waals surface area contributed by atoms with Crippen molar-refractivity contribution in [3.05, 3.63) is 35.4 Å². The molecule has 0 spiro atoms. The van der Waals surface area contributed by atoms with E-state index in [1.54, 1.807) is 24.3 Å². The first-order valence-corrected chi connectivity index (χ1v) is 7.54. The SMILES string of the molecule is N#C/C(=C/c1ccc(OCC(=O)O)cc1)C(=O)NC[C@H]1CCCO1. The number of ether oxygens (including phenoxy) is 2. The van der Waals surface area contributed by atoms with E-state index < -0.39 is 18.5 Å². The van der Waals surface area contributed by atoms with Crippen molar-refractivity contribution in [1.29, 1.82) is 5.26 Å². The number of carboxylic acids is 1. The number of nitriles is 1. The van der Waals surface area contributed by atoms with E-state index in [-0.39, 0.29) is 11.7 Å². The normalized spacial score (nSPS) is 17.1. The third-order valence-electron chi connectivity index (χ3n) is 3.43. The van der Waals surface area contributed by atoms with Crippen LogP contribution < -0.4 is 10.1 Å². The summed E-state index contributed by atoms with van der Waals surface area (Å²) < 4.78 is 10.4. The summed E-state index contributed by atoms with van der Waals surface area (Å²) in [6.07, 6.45) is 3.37. The number of hydrogen-bond acceptors (Lipinski definition) is 5. The van der Waals surface area contributed by atoms with Crippen LogP contribution in [0.1, 0.15) is 18.4 Å². The van der Waals surface area contributed by atoms with Gasteiger partial charge in [-0.2, -0.15) is 5.26 Å². The Hall–Kier alpha value is -2.85. The van der Waals surface area contributed by atoms with Gasteiger partial charge in [0.05, 0.1) is 6.10 Å². The lowest BCUT2D eigenvalue weighted by atomic mass is 10.1. The van der Waals surface area contributed by atoms with Gasteiger partial charge in [0.2, 0.25) is 0 Å². The molecule has 1 aliphatic rings. The molecule has 1 aromatic carbocycles. The number of carbonyl (C=O) groups excluding carboxylic acids is 1. The van der Waals surface area contributed by atoms with Crippen molar-refractivity contribution < 1.29 is 24.2 Å². The minimum Gasteiger partial charge on any atom is -0.482 e. The van der Waals surface area contributed by atoms with Crippen LogP contribution in [0.25, 0.3) is 6.08 Å². The van der Waals surface area contributed by atoms with Crippen LogP contribution in [0.5, 0.6) is 5.75 Å². The van der Waals surface area contributed by atoms with E-state index in [0.717, 1.165) is 12.8 Å². The fraction of sp³-hybridized carbons (Fsp3) is 0.353. The Balaban J connectivity index is 1.94. The summed E-state index contributed by atoms with van der Waals surface area (Å²) >= 11 is 0. The third kappa shape index (κ3) is 5.41. The Labute approximate surface area is 139 Å². The molecule has 126 valence electrons. The zero-order valence-corrected chi connectivity index (χ0v) is 13.0. The quantitative estimate of drug-likeness (QED) is 0.577. The Morgan fingerprint density at radius 1 is 1.42 bits per heavy atom. The van der Waals surface area contributed by atoms with E-state index in [1.165, 1.54) is 6.08 Å². The van der Waals surface area contributed by atoms with Crippen molar-refractivity contribution in [3.63, 3.8) is 0 Å². The summed E-state index contributed by atoms with van der Waals surface area (Å²) in [5.74, 6) is -1.11. The van der Waals surface area contributed by atoms with Crippen LogP contribution in [0.3, 0.4) is 0 Å². The van der Waals surface area contributed by atoms with Crippen LogP contribution in [0.2, 0.25) is 0 Å². The molecule has 1 aliphatic heterocycles. The predicted molar refractivity (Wildman–Crippen MR) is 85.1 cm³/mol. The first-order chi connectivity index (χ1) is 11.6. The summed E-state index contributed by atoms with van der Waals surface area (Å²) in [5, 5.41) is 20.4. The van der Waals surface area contributed by atoms with Gasteiger partial charge in [0.25, 0.3) is 5.91 Å². The van der Waals surface area contributed by atoms with Crippen LogP contribution in [0, 0.1) is 11.3 Å². The zero-order chi connectivity index (χ0) is 17.4. The number of nitrogens with zero attached hydrogens (tertiary/aromatic N) is 1. The highest BCUT2D eigenvalue weighted by Gasteiger charge is 2.17. The molecule has 7 nitrogen and oxygen atoms in total. The molecular weight excluding hydrogens is 312 g/mol. The summed E-state index contributed by atoms with van der Waals surface area (Å²) in [4.78, 5) is 22.5. The maximum atomic E-state index is 12.0. The van der Waals surface area contributed by atoms with Crippen LogP contribution in [0.15, 0.2) is 29.8 Å². The van der Waals surface area contributed by atoms with Crippen molar-refractivity contribution in [1.82, 2.24) is 5.32 Å². The number of nitrogens with one attached hydrogen (secondary N) is 1. The molecule has 1 atom stereocenters. The van der Waals surface area contributed by atoms with Gasteiger partial charge in [-0.05, 0) is 36.6 Å². The van der Waals surface area contributed by atoms with Gasteiger partial charge >= 0.3 is 5.97 Å². The Morgan fingerprint density at radius 2 is 2.17 bits per heavy atom. The molecule has 0 radical (unpaired) electrons. The number of rotatable bonds is 7. The number of benzene rings is 1. The smallest absolute Gasteiger partial charge is 0.341 e. The Bertz CT molecular complexity index is 655. The molecule has 0 aliphatic carbocycles. The van der Waals surface area contributed by atoms with Crippen LogP contribution in [-0.4, -0.2) is 42.8 Å². The second-order valence-electron chi connectivity index (χ2n) is 5.27. The highest BCUT2D eigenvalue weighted by atomic mass is 16.5. The van der Waals surface area contributed by atoms with Crippen molar-refractivity contribution >= 4 is 18.0 Å². The highest BCUT2D eigenvalue weighted by Crippen LogP contribution is 2.15. The van der Waals surface area contributed by atoms with Crippen molar-refractivity contribution in [2.75, 3.05) is 19.8 Å². The number of carbonyl (C=O) groups is 2. The predicted octanol–water partition coefficient (Wildman–Crippen LogP) is 1.35. The van der Waals surface area contributed by atoms with E-state index in [9.17, 15) is 9.59 Å². The van der Waals surface area contributed by atoms with Gasteiger partial charge in [0.15, 0.2) is 6.61 Å². The van der Waals surface area contributed by atoms with E-state index >= 15 is 0 Å². The first-order valence-electron chi connectivity index (χ1n) is 7.54. The monoisotopic (exact) mass is 330 g/mol. The van der Waals surface area contributed by atoms with Crippen molar-refractivity contribution in [3.8, 4) is 11.8 Å². The van der Waals surface area contributed by atoms with Gasteiger partial charge in [0.1, 0.15) is 17.4 Å². The molecule has 1 fully saturated rings. The minimum atomic E-state index is -1.06. The molecule has 0 saturated carbocycles. The van der Waals surface area contributed by atoms with Crippen molar-refractivity contribution in [2.24, 2.45) is 0 Å². The molecule has 0 unspecified atom stereocenters. The largest absolute Gasteiger partial charge is 0.482 e. The van der Waals surface area contributed by atoms with E-state index in [0.29, 0.717) is 24.5 Å². The first kappa shape index (κ1) is 17.5. The number of hydrogen-bond donors (Lipinski definition) is 2. The second-order valence-corrected chi connectivity index (χ2v) is 5.27. The maximum Gasteiger partial charge on any atom is 0.341 e. The van der Waals surface area contributed by atoms with Gasteiger partial charge in [-0.1, -0.05) is 12.1 Å². The minimum absolute atomic E-state index is 0.00722. The summed E-state index contributed by atoms with van der Waals surface area (Å²) in [6.45, 7) is 0.669. The van der Waals surface area contributed by atoms with E-state index in [2.05, 4.69) is 5.32 Å². The van der Waals surface area contributed by atoms with Gasteiger partial charge in [-0.3, -0.25) is 4.79 Å². The third-order valence-corrected chi connectivity index (χ3v) is 3.43. The van der Waals surface area contributed by atoms with E-state index in [1.807, 2.05) is 6.07 Å². The number of amides is 1. The number of carboxylic acid groups (broad SMARTS) is 1.